The van der Waals surface area contributed by atoms with E-state index in [1.54, 1.807) is 50.6 Å². The van der Waals surface area contributed by atoms with E-state index in [-0.39, 0.29) is 43.7 Å². The van der Waals surface area contributed by atoms with Crippen LogP contribution in [0.1, 0.15) is 18.4 Å². The topological polar surface area (TPSA) is 126 Å². The normalized spacial score (nSPS) is 12.8. The number of nitrogens with zero attached hydrogens (tertiary/aromatic N) is 1. The fourth-order valence-electron chi connectivity index (χ4n) is 3.30. The lowest BCUT2D eigenvalue weighted by Gasteiger charge is -2.12. The maximum Gasteiger partial charge on any atom is 0.324 e. The number of rotatable bonds is 10. The third-order valence-corrected chi connectivity index (χ3v) is 5.06. The van der Waals surface area contributed by atoms with Crippen LogP contribution < -0.4 is 25.4 Å². The van der Waals surface area contributed by atoms with Gasteiger partial charge in [0.2, 0.25) is 17.7 Å². The number of amides is 5. The second-order valence-corrected chi connectivity index (χ2v) is 7.31. The Morgan fingerprint density at radius 1 is 0.939 bits per heavy atom. The van der Waals surface area contributed by atoms with Crippen molar-refractivity contribution in [2.75, 3.05) is 37.9 Å². The van der Waals surface area contributed by atoms with Crippen molar-refractivity contribution in [1.29, 1.82) is 0 Å². The molecule has 174 valence electrons. The predicted octanol–water partition coefficient (Wildman–Crippen LogP) is 2.16. The van der Waals surface area contributed by atoms with E-state index in [4.69, 9.17) is 9.47 Å². The number of hydrogen-bond acceptors (Lipinski definition) is 6. The second-order valence-electron chi connectivity index (χ2n) is 7.31. The molecule has 0 radical (unpaired) electrons. The highest BCUT2D eigenvalue weighted by molar-refractivity contribution is 6.02. The number of hydrogen-bond donors (Lipinski definition) is 3. The molecule has 1 aliphatic heterocycles. The van der Waals surface area contributed by atoms with Crippen molar-refractivity contribution in [1.82, 2.24) is 10.2 Å². The fraction of sp³-hybridized carbons (Fsp3) is 0.304. The van der Waals surface area contributed by atoms with Gasteiger partial charge in [-0.2, -0.15) is 0 Å². The van der Waals surface area contributed by atoms with Crippen molar-refractivity contribution in [2.24, 2.45) is 0 Å². The van der Waals surface area contributed by atoms with Crippen LogP contribution in [0.15, 0.2) is 42.5 Å². The molecular weight excluding hydrogens is 428 g/mol. The summed E-state index contributed by atoms with van der Waals surface area (Å²) >= 11 is 0. The number of ether oxygens (including phenoxy) is 2. The standard InChI is InChI=1S/C23H26N4O6/c1-32-18-8-9-19(33-2)15(13-18)3-10-20(28)25-16-4-6-17(7-5-16)26-21(29)11-12-27-22(30)14-24-23(27)31/h4-9,13H,3,10-12,14H2,1-2H3,(H,24,31)(H,25,28)(H,26,29). The Balaban J connectivity index is 1.46. The molecule has 33 heavy (non-hydrogen) atoms. The Morgan fingerprint density at radius 2 is 1.58 bits per heavy atom. The van der Waals surface area contributed by atoms with E-state index in [0.717, 1.165) is 10.5 Å². The maximum atomic E-state index is 12.3. The summed E-state index contributed by atoms with van der Waals surface area (Å²) in [6.45, 7) is -0.0244. The zero-order valence-electron chi connectivity index (χ0n) is 18.5. The number of methoxy groups -OCH3 is 2. The van der Waals surface area contributed by atoms with Crippen molar-refractivity contribution in [3.8, 4) is 11.5 Å². The van der Waals surface area contributed by atoms with Crippen LogP contribution in [0.5, 0.6) is 11.5 Å². The number of carbonyl (C=O) groups is 4. The quantitative estimate of drug-likeness (QED) is 0.473. The molecule has 0 unspecified atom stereocenters. The van der Waals surface area contributed by atoms with E-state index >= 15 is 0 Å². The van der Waals surface area contributed by atoms with Gasteiger partial charge in [0.25, 0.3) is 0 Å². The summed E-state index contributed by atoms with van der Waals surface area (Å²) in [5.74, 6) is 0.548. The second kappa shape index (κ2) is 11.0. The van der Waals surface area contributed by atoms with Crippen molar-refractivity contribution in [3.63, 3.8) is 0 Å². The third-order valence-electron chi connectivity index (χ3n) is 5.06. The molecule has 0 aliphatic carbocycles. The lowest BCUT2D eigenvalue weighted by molar-refractivity contribution is -0.125. The highest BCUT2D eigenvalue weighted by Crippen LogP contribution is 2.25. The van der Waals surface area contributed by atoms with Gasteiger partial charge in [0.05, 0.1) is 20.8 Å². The first kappa shape index (κ1) is 23.6. The number of imide groups is 1. The Hall–Kier alpha value is -4.08. The van der Waals surface area contributed by atoms with E-state index in [0.29, 0.717) is 29.3 Å². The summed E-state index contributed by atoms with van der Waals surface area (Å²) in [5.41, 5.74) is 2.00. The van der Waals surface area contributed by atoms with Gasteiger partial charge in [-0.15, -0.1) is 0 Å². The molecule has 1 heterocycles. The van der Waals surface area contributed by atoms with Crippen LogP contribution in [0.2, 0.25) is 0 Å². The average Bonchev–Trinajstić information content (AvgIpc) is 3.14. The summed E-state index contributed by atoms with van der Waals surface area (Å²) in [6.07, 6.45) is 0.730. The molecule has 0 atom stereocenters. The number of benzene rings is 2. The molecule has 2 aromatic rings. The highest BCUT2D eigenvalue weighted by Gasteiger charge is 2.28. The minimum absolute atomic E-state index is 0.00855. The maximum absolute atomic E-state index is 12.3. The van der Waals surface area contributed by atoms with Crippen molar-refractivity contribution >= 4 is 35.1 Å². The predicted molar refractivity (Wildman–Crippen MR) is 121 cm³/mol. The Morgan fingerprint density at radius 3 is 2.12 bits per heavy atom. The molecule has 1 saturated heterocycles. The van der Waals surface area contributed by atoms with Crippen molar-refractivity contribution in [2.45, 2.75) is 19.3 Å². The van der Waals surface area contributed by atoms with Crippen LogP contribution in [0.4, 0.5) is 16.2 Å². The molecule has 0 saturated carbocycles. The van der Waals surface area contributed by atoms with Gasteiger partial charge in [-0.1, -0.05) is 0 Å². The van der Waals surface area contributed by atoms with Crippen LogP contribution in [-0.4, -0.2) is 56.0 Å². The summed E-state index contributed by atoms with van der Waals surface area (Å²) in [6, 6.07) is 11.6. The molecule has 0 spiro atoms. The minimum atomic E-state index is -0.488. The molecule has 1 fully saturated rings. The van der Waals surface area contributed by atoms with Gasteiger partial charge in [0.15, 0.2) is 0 Å². The number of urea groups is 1. The molecule has 3 N–H and O–H groups in total. The zero-order valence-corrected chi connectivity index (χ0v) is 18.5. The van der Waals surface area contributed by atoms with E-state index < -0.39 is 6.03 Å². The van der Waals surface area contributed by atoms with Gasteiger partial charge in [-0.3, -0.25) is 19.3 Å². The van der Waals surface area contributed by atoms with Gasteiger partial charge in [0.1, 0.15) is 11.5 Å². The number of carbonyl (C=O) groups excluding carboxylic acids is 4. The molecule has 0 bridgehead atoms. The Labute approximate surface area is 191 Å². The number of nitrogens with one attached hydrogen (secondary N) is 3. The Kier molecular flexibility index (Phi) is 7.85. The molecule has 5 amide bonds. The van der Waals surface area contributed by atoms with E-state index in [1.807, 2.05) is 6.07 Å². The summed E-state index contributed by atoms with van der Waals surface area (Å²) in [5, 5.41) is 7.92. The van der Waals surface area contributed by atoms with Crippen molar-refractivity contribution in [3.05, 3.63) is 48.0 Å². The lowest BCUT2D eigenvalue weighted by atomic mass is 10.1. The first-order valence-electron chi connectivity index (χ1n) is 10.4. The summed E-state index contributed by atoms with van der Waals surface area (Å²) in [7, 11) is 3.16. The third kappa shape index (κ3) is 6.45. The first-order valence-corrected chi connectivity index (χ1v) is 10.4. The monoisotopic (exact) mass is 454 g/mol. The Bertz CT molecular complexity index is 1020. The van der Waals surface area contributed by atoms with Crippen LogP contribution in [-0.2, 0) is 20.8 Å². The molecule has 3 rings (SSSR count). The first-order chi connectivity index (χ1) is 15.9. The smallest absolute Gasteiger partial charge is 0.324 e. The number of anilines is 2. The molecule has 10 heteroatoms. The molecule has 0 aromatic heterocycles. The van der Waals surface area contributed by atoms with Crippen LogP contribution in [0, 0.1) is 0 Å². The zero-order chi connectivity index (χ0) is 23.8. The molecule has 1 aliphatic rings. The minimum Gasteiger partial charge on any atom is -0.497 e. The average molecular weight is 454 g/mol. The number of aryl methyl sites for hydroxylation is 1. The molecule has 10 nitrogen and oxygen atoms in total. The van der Waals surface area contributed by atoms with Gasteiger partial charge in [-0.25, -0.2) is 4.79 Å². The van der Waals surface area contributed by atoms with Crippen LogP contribution in [0.25, 0.3) is 0 Å². The van der Waals surface area contributed by atoms with Gasteiger partial charge < -0.3 is 25.4 Å². The fourth-order valence-corrected chi connectivity index (χ4v) is 3.30. The van der Waals surface area contributed by atoms with Gasteiger partial charge in [0, 0.05) is 30.8 Å². The summed E-state index contributed by atoms with van der Waals surface area (Å²) in [4.78, 5) is 48.5. The SMILES string of the molecule is COc1ccc(OC)c(CCC(=O)Nc2ccc(NC(=O)CCN3C(=O)CNC3=O)cc2)c1. The molecule has 2 aromatic carbocycles. The van der Waals surface area contributed by atoms with Crippen LogP contribution >= 0.6 is 0 Å². The van der Waals surface area contributed by atoms with E-state index in [1.165, 1.54) is 0 Å². The summed E-state index contributed by atoms with van der Waals surface area (Å²) < 4.78 is 10.6. The van der Waals surface area contributed by atoms with Gasteiger partial charge >= 0.3 is 6.03 Å². The highest BCUT2D eigenvalue weighted by atomic mass is 16.5. The van der Waals surface area contributed by atoms with Gasteiger partial charge in [-0.05, 0) is 54.4 Å². The lowest BCUT2D eigenvalue weighted by Crippen LogP contribution is -2.33. The largest absolute Gasteiger partial charge is 0.497 e. The van der Waals surface area contributed by atoms with Crippen molar-refractivity contribution < 1.29 is 28.7 Å². The van der Waals surface area contributed by atoms with Crippen LogP contribution in [0.3, 0.4) is 0 Å². The van der Waals surface area contributed by atoms with E-state index in [9.17, 15) is 19.2 Å². The van der Waals surface area contributed by atoms with E-state index in [2.05, 4.69) is 16.0 Å². The molecular formula is C23H26N4O6.